The van der Waals surface area contributed by atoms with Crippen LogP contribution in [0.5, 0.6) is 0 Å². The van der Waals surface area contributed by atoms with Crippen molar-refractivity contribution in [3.8, 4) is 0 Å². The summed E-state index contributed by atoms with van der Waals surface area (Å²) in [5, 5.41) is 0. The molecule has 0 bridgehead atoms. The van der Waals surface area contributed by atoms with E-state index in [-0.39, 0.29) is 17.3 Å². The van der Waals surface area contributed by atoms with Crippen LogP contribution in [0.25, 0.3) is 0 Å². The van der Waals surface area contributed by atoms with Crippen molar-refractivity contribution in [3.05, 3.63) is 35.6 Å². The molecule has 0 unspecified atom stereocenters. The quantitative estimate of drug-likeness (QED) is 0.850. The third-order valence-corrected chi connectivity index (χ3v) is 4.84. The molecule has 1 amide bonds. The first-order valence-corrected chi connectivity index (χ1v) is 8.27. The van der Waals surface area contributed by atoms with Gasteiger partial charge in [-0.2, -0.15) is 0 Å². The highest BCUT2D eigenvalue weighted by molar-refractivity contribution is 5.79. The fourth-order valence-electron chi connectivity index (χ4n) is 3.54. The number of benzene rings is 1. The molecule has 2 heterocycles. The zero-order chi connectivity index (χ0) is 16.4. The number of halogens is 1. The monoisotopic (exact) mass is 320 g/mol. The van der Waals surface area contributed by atoms with Gasteiger partial charge in [0.05, 0.1) is 26.1 Å². The molecule has 0 aliphatic carbocycles. The van der Waals surface area contributed by atoms with Gasteiger partial charge >= 0.3 is 0 Å². The Balaban J connectivity index is 1.45. The number of amides is 1. The highest BCUT2D eigenvalue weighted by Gasteiger charge is 2.48. The molecule has 4 nitrogen and oxygen atoms in total. The van der Waals surface area contributed by atoms with Crippen molar-refractivity contribution in [2.45, 2.75) is 24.9 Å². The lowest BCUT2D eigenvalue weighted by molar-refractivity contribution is -0.189. The molecule has 0 N–H and O–H groups in total. The normalized spacial score (nSPS) is 23.1. The lowest BCUT2D eigenvalue weighted by Gasteiger charge is -2.53. The van der Waals surface area contributed by atoms with Gasteiger partial charge < -0.3 is 14.5 Å². The predicted molar refractivity (Wildman–Crippen MR) is 86.6 cm³/mol. The summed E-state index contributed by atoms with van der Waals surface area (Å²) in [6.45, 7) is 3.24. The van der Waals surface area contributed by atoms with E-state index < -0.39 is 0 Å². The van der Waals surface area contributed by atoms with Crippen molar-refractivity contribution >= 4 is 5.91 Å². The number of carbonyl (C=O) groups excluding carboxylic acids is 1. The van der Waals surface area contributed by atoms with Gasteiger partial charge in [0.1, 0.15) is 11.4 Å². The summed E-state index contributed by atoms with van der Waals surface area (Å²) in [6.07, 6.45) is 2.53. The molecular weight excluding hydrogens is 295 g/mol. The van der Waals surface area contributed by atoms with Crippen LogP contribution in [-0.4, -0.2) is 61.6 Å². The van der Waals surface area contributed by atoms with E-state index in [0.29, 0.717) is 25.4 Å². The van der Waals surface area contributed by atoms with E-state index in [1.807, 2.05) is 4.90 Å². The van der Waals surface area contributed by atoms with Crippen LogP contribution in [0.15, 0.2) is 24.3 Å². The molecule has 0 radical (unpaired) electrons. The van der Waals surface area contributed by atoms with Gasteiger partial charge in [0.15, 0.2) is 0 Å². The molecule has 2 fully saturated rings. The van der Waals surface area contributed by atoms with Crippen LogP contribution >= 0.6 is 0 Å². The standard InChI is InChI=1S/C18H25FN2O2/c1-20(2)10-15-7-8-18(23-11-15)12-21(13-18)17(22)9-14-3-5-16(19)6-4-14/h3-6,15H,7-13H2,1-2H3/t15-/m0/s1. The van der Waals surface area contributed by atoms with Gasteiger partial charge in [-0.1, -0.05) is 12.1 Å². The molecule has 23 heavy (non-hydrogen) atoms. The van der Waals surface area contributed by atoms with E-state index in [9.17, 15) is 9.18 Å². The van der Waals surface area contributed by atoms with Gasteiger partial charge in [-0.05, 0) is 50.6 Å². The molecule has 2 aliphatic rings. The van der Waals surface area contributed by atoms with E-state index in [2.05, 4.69) is 19.0 Å². The second-order valence-electron chi connectivity index (χ2n) is 7.21. The van der Waals surface area contributed by atoms with Crippen LogP contribution in [0.3, 0.4) is 0 Å². The minimum absolute atomic E-state index is 0.0984. The Morgan fingerprint density at radius 3 is 2.61 bits per heavy atom. The Labute approximate surface area is 137 Å². The Morgan fingerprint density at radius 1 is 1.35 bits per heavy atom. The van der Waals surface area contributed by atoms with E-state index in [4.69, 9.17) is 4.74 Å². The number of carbonyl (C=O) groups is 1. The van der Waals surface area contributed by atoms with Crippen molar-refractivity contribution in [2.75, 3.05) is 40.3 Å². The molecule has 0 saturated carbocycles. The lowest BCUT2D eigenvalue weighted by Crippen LogP contribution is -2.66. The number of rotatable bonds is 4. The Bertz CT molecular complexity index is 543. The number of nitrogens with zero attached hydrogens (tertiary/aromatic N) is 2. The second kappa shape index (κ2) is 6.57. The van der Waals surface area contributed by atoms with E-state index >= 15 is 0 Å². The summed E-state index contributed by atoms with van der Waals surface area (Å²) in [6, 6.07) is 6.14. The van der Waals surface area contributed by atoms with Gasteiger partial charge in [0, 0.05) is 6.54 Å². The van der Waals surface area contributed by atoms with Gasteiger partial charge in [-0.25, -0.2) is 4.39 Å². The summed E-state index contributed by atoms with van der Waals surface area (Å²) in [5.74, 6) is 0.424. The van der Waals surface area contributed by atoms with Crippen molar-refractivity contribution < 1.29 is 13.9 Å². The minimum atomic E-state index is -0.271. The first-order valence-electron chi connectivity index (χ1n) is 8.27. The zero-order valence-corrected chi connectivity index (χ0v) is 13.9. The van der Waals surface area contributed by atoms with Crippen molar-refractivity contribution in [1.29, 1.82) is 0 Å². The van der Waals surface area contributed by atoms with E-state index in [1.54, 1.807) is 12.1 Å². The van der Waals surface area contributed by atoms with Gasteiger partial charge in [-0.15, -0.1) is 0 Å². The summed E-state index contributed by atoms with van der Waals surface area (Å²) in [5.41, 5.74) is 0.745. The predicted octanol–water partition coefficient (Wildman–Crippen LogP) is 1.94. The van der Waals surface area contributed by atoms with Crippen LogP contribution in [0.1, 0.15) is 18.4 Å². The molecule has 1 aromatic rings. The second-order valence-corrected chi connectivity index (χ2v) is 7.21. The van der Waals surface area contributed by atoms with Gasteiger partial charge in [0.25, 0.3) is 0 Å². The lowest BCUT2D eigenvalue weighted by atomic mass is 9.82. The number of ether oxygens (including phenoxy) is 1. The Kier molecular flexibility index (Phi) is 4.69. The van der Waals surface area contributed by atoms with E-state index in [0.717, 1.165) is 31.6 Å². The number of likely N-dealkylation sites (tertiary alicyclic amines) is 1. The first kappa shape index (κ1) is 16.4. The number of hydrogen-bond acceptors (Lipinski definition) is 3. The highest BCUT2D eigenvalue weighted by Crippen LogP contribution is 2.36. The molecule has 2 saturated heterocycles. The first-order chi connectivity index (χ1) is 11.0. The zero-order valence-electron chi connectivity index (χ0n) is 13.9. The average Bonchev–Trinajstić information content (AvgIpc) is 2.47. The third kappa shape index (κ3) is 3.90. The van der Waals surface area contributed by atoms with Crippen molar-refractivity contribution in [1.82, 2.24) is 9.80 Å². The minimum Gasteiger partial charge on any atom is -0.371 e. The largest absolute Gasteiger partial charge is 0.371 e. The van der Waals surface area contributed by atoms with Gasteiger partial charge in [0.2, 0.25) is 5.91 Å². The Hall–Kier alpha value is -1.46. The maximum absolute atomic E-state index is 12.9. The number of hydrogen-bond donors (Lipinski definition) is 0. The Morgan fingerprint density at radius 2 is 2.04 bits per heavy atom. The van der Waals surface area contributed by atoms with Crippen LogP contribution in [0.4, 0.5) is 4.39 Å². The molecule has 2 aliphatic heterocycles. The molecule has 1 atom stereocenters. The third-order valence-electron chi connectivity index (χ3n) is 4.84. The molecule has 1 spiro atoms. The molecule has 3 rings (SSSR count). The van der Waals surface area contributed by atoms with Crippen molar-refractivity contribution in [3.63, 3.8) is 0 Å². The maximum atomic E-state index is 12.9. The summed E-state index contributed by atoms with van der Waals surface area (Å²) in [4.78, 5) is 16.3. The molecular formula is C18H25FN2O2. The molecule has 1 aromatic carbocycles. The van der Waals surface area contributed by atoms with Crippen LogP contribution < -0.4 is 0 Å². The topological polar surface area (TPSA) is 32.8 Å². The van der Waals surface area contributed by atoms with Crippen LogP contribution in [-0.2, 0) is 16.0 Å². The average molecular weight is 320 g/mol. The highest BCUT2D eigenvalue weighted by atomic mass is 19.1. The maximum Gasteiger partial charge on any atom is 0.227 e. The molecule has 126 valence electrons. The van der Waals surface area contributed by atoms with Crippen LogP contribution in [0, 0.1) is 11.7 Å². The smallest absolute Gasteiger partial charge is 0.227 e. The van der Waals surface area contributed by atoms with E-state index in [1.165, 1.54) is 12.1 Å². The van der Waals surface area contributed by atoms with Gasteiger partial charge in [-0.3, -0.25) is 4.79 Å². The summed E-state index contributed by atoms with van der Waals surface area (Å²) in [7, 11) is 4.17. The molecule has 5 heteroatoms. The summed E-state index contributed by atoms with van der Waals surface area (Å²) >= 11 is 0. The van der Waals surface area contributed by atoms with Crippen LogP contribution in [0.2, 0.25) is 0 Å². The molecule has 0 aromatic heterocycles. The fraction of sp³-hybridized carbons (Fsp3) is 0.611. The van der Waals surface area contributed by atoms with Crippen molar-refractivity contribution in [2.24, 2.45) is 5.92 Å². The summed E-state index contributed by atoms with van der Waals surface area (Å²) < 4.78 is 19.0. The SMILES string of the molecule is CN(C)C[C@@H]1CCC2(CN(C(=O)Cc3ccc(F)cc3)C2)OC1. The fourth-order valence-corrected chi connectivity index (χ4v) is 3.54.